The summed E-state index contributed by atoms with van der Waals surface area (Å²) in [6.45, 7) is 0.548. The number of carbonyl (C=O) groups excluding carboxylic acids is 2. The van der Waals surface area contributed by atoms with Gasteiger partial charge in [-0.1, -0.05) is 18.2 Å². The number of nitrogens with one attached hydrogen (secondary N) is 1. The summed E-state index contributed by atoms with van der Waals surface area (Å²) in [6, 6.07) is 8.91. The molecule has 2 atom stereocenters. The Morgan fingerprint density at radius 2 is 2.12 bits per heavy atom. The summed E-state index contributed by atoms with van der Waals surface area (Å²) in [6.07, 6.45) is 5.20. The highest BCUT2D eigenvalue weighted by molar-refractivity contribution is 5.88. The Balaban J connectivity index is 1.70. The molecule has 3 rings (SSSR count). The fourth-order valence-corrected chi connectivity index (χ4v) is 2.89. The number of hydrogen-bond acceptors (Lipinski definition) is 4. The lowest BCUT2D eigenvalue weighted by Crippen LogP contribution is -2.46. The van der Waals surface area contributed by atoms with Gasteiger partial charge in [-0.05, 0) is 12.1 Å². The van der Waals surface area contributed by atoms with E-state index < -0.39 is 6.04 Å². The number of likely N-dealkylation sites (tertiary alicyclic amines) is 1. The molecule has 126 valence electrons. The van der Waals surface area contributed by atoms with Gasteiger partial charge in [-0.3, -0.25) is 9.59 Å². The van der Waals surface area contributed by atoms with Crippen LogP contribution in [-0.2, 0) is 16.1 Å². The second-order valence-corrected chi connectivity index (χ2v) is 5.70. The van der Waals surface area contributed by atoms with Crippen molar-refractivity contribution in [2.45, 2.75) is 25.1 Å². The summed E-state index contributed by atoms with van der Waals surface area (Å²) in [7, 11) is 1.58. The van der Waals surface area contributed by atoms with Crippen molar-refractivity contribution in [1.29, 1.82) is 0 Å². The molecule has 1 aliphatic heterocycles. The molecule has 7 heteroatoms. The van der Waals surface area contributed by atoms with E-state index in [1.54, 1.807) is 35.2 Å². The van der Waals surface area contributed by atoms with Gasteiger partial charge in [-0.25, -0.2) is 4.98 Å². The van der Waals surface area contributed by atoms with Crippen LogP contribution < -0.4 is 10.1 Å². The highest BCUT2D eigenvalue weighted by Crippen LogP contribution is 2.23. The summed E-state index contributed by atoms with van der Waals surface area (Å²) < 4.78 is 7.61. The highest BCUT2D eigenvalue weighted by Gasteiger charge is 2.40. The summed E-state index contributed by atoms with van der Waals surface area (Å²) in [5, 5.41) is 2.63. The first-order chi connectivity index (χ1) is 11.7. The molecule has 0 unspecified atom stereocenters. The first-order valence-electron chi connectivity index (χ1n) is 7.86. The molecule has 2 amide bonds. The molecule has 7 nitrogen and oxygen atoms in total. The van der Waals surface area contributed by atoms with Crippen molar-refractivity contribution in [3.63, 3.8) is 0 Å². The predicted molar refractivity (Wildman–Crippen MR) is 87.3 cm³/mol. The molecule has 1 fully saturated rings. The molecule has 0 radical (unpaired) electrons. The zero-order valence-electron chi connectivity index (χ0n) is 13.5. The zero-order chi connectivity index (χ0) is 16.9. The van der Waals surface area contributed by atoms with Gasteiger partial charge in [0.15, 0.2) is 0 Å². The standard InChI is InChI=1S/C17H20N4O3/c1-18-17(23)15-9-14(24-13-5-3-2-4-6-13)10-21(15)16(22)11-20-8-7-19-12-20/h2-8,12,14-15H,9-11H2,1H3,(H,18,23)/t14-,15+/m0/s1. The number of hydrogen-bond donors (Lipinski definition) is 1. The van der Waals surface area contributed by atoms with Gasteiger partial charge in [-0.2, -0.15) is 0 Å². The van der Waals surface area contributed by atoms with Gasteiger partial charge in [0.05, 0.1) is 12.9 Å². The van der Waals surface area contributed by atoms with Crippen molar-refractivity contribution >= 4 is 11.8 Å². The maximum Gasteiger partial charge on any atom is 0.243 e. The predicted octanol–water partition coefficient (Wildman–Crippen LogP) is 0.678. The molecule has 0 bridgehead atoms. The number of para-hydroxylation sites is 1. The minimum absolute atomic E-state index is 0.124. The Kier molecular flexibility index (Phi) is 4.79. The van der Waals surface area contributed by atoms with E-state index in [1.165, 1.54) is 0 Å². The number of amides is 2. The third kappa shape index (κ3) is 3.56. The first kappa shape index (κ1) is 16.0. The number of aromatic nitrogens is 2. The summed E-state index contributed by atoms with van der Waals surface area (Å²) in [5.74, 6) is 0.441. The molecule has 0 saturated carbocycles. The quantitative estimate of drug-likeness (QED) is 0.875. The van der Waals surface area contributed by atoms with Crippen LogP contribution in [0.5, 0.6) is 5.75 Å². The summed E-state index contributed by atoms with van der Waals surface area (Å²) in [4.78, 5) is 30.3. The van der Waals surface area contributed by atoms with Gasteiger partial charge < -0.3 is 19.5 Å². The van der Waals surface area contributed by atoms with Crippen LogP contribution in [0.4, 0.5) is 0 Å². The van der Waals surface area contributed by atoms with E-state index in [2.05, 4.69) is 10.3 Å². The van der Waals surface area contributed by atoms with E-state index in [0.29, 0.717) is 13.0 Å². The third-order valence-electron chi connectivity index (χ3n) is 4.06. The molecular formula is C17H20N4O3. The molecule has 24 heavy (non-hydrogen) atoms. The van der Waals surface area contributed by atoms with E-state index in [0.717, 1.165) is 5.75 Å². The topological polar surface area (TPSA) is 76.5 Å². The van der Waals surface area contributed by atoms with Crippen molar-refractivity contribution in [1.82, 2.24) is 19.8 Å². The molecule has 1 N–H and O–H groups in total. The number of ether oxygens (including phenoxy) is 1. The van der Waals surface area contributed by atoms with Crippen LogP contribution in [-0.4, -0.2) is 52.0 Å². The molecule has 2 aromatic rings. The fourth-order valence-electron chi connectivity index (χ4n) is 2.89. The largest absolute Gasteiger partial charge is 0.488 e. The lowest BCUT2D eigenvalue weighted by molar-refractivity contribution is -0.138. The van der Waals surface area contributed by atoms with Crippen LogP contribution in [0, 0.1) is 0 Å². The first-order valence-corrected chi connectivity index (χ1v) is 7.86. The van der Waals surface area contributed by atoms with Gasteiger partial charge in [0.2, 0.25) is 11.8 Å². The Labute approximate surface area is 140 Å². The van der Waals surface area contributed by atoms with Gasteiger partial charge in [0, 0.05) is 25.9 Å². The van der Waals surface area contributed by atoms with Gasteiger partial charge in [-0.15, -0.1) is 0 Å². The van der Waals surface area contributed by atoms with Crippen molar-refractivity contribution in [2.24, 2.45) is 0 Å². The van der Waals surface area contributed by atoms with Crippen LogP contribution in [0.3, 0.4) is 0 Å². The van der Waals surface area contributed by atoms with E-state index in [1.807, 2.05) is 30.3 Å². The number of benzene rings is 1. The molecule has 1 saturated heterocycles. The Bertz CT molecular complexity index is 687. The van der Waals surface area contributed by atoms with E-state index in [4.69, 9.17) is 4.74 Å². The highest BCUT2D eigenvalue weighted by atomic mass is 16.5. The maximum atomic E-state index is 12.6. The van der Waals surface area contributed by atoms with E-state index in [9.17, 15) is 9.59 Å². The summed E-state index contributed by atoms with van der Waals surface area (Å²) in [5.41, 5.74) is 0. The van der Waals surface area contributed by atoms with Crippen LogP contribution in [0.2, 0.25) is 0 Å². The van der Waals surface area contributed by atoms with Crippen LogP contribution >= 0.6 is 0 Å². The maximum absolute atomic E-state index is 12.6. The zero-order valence-corrected chi connectivity index (χ0v) is 13.5. The molecule has 0 spiro atoms. The number of imidazole rings is 1. The SMILES string of the molecule is CNC(=O)[C@H]1C[C@H](Oc2ccccc2)CN1C(=O)Cn1ccnc1. The summed E-state index contributed by atoms with van der Waals surface area (Å²) >= 11 is 0. The van der Waals surface area contributed by atoms with Gasteiger partial charge in [0.1, 0.15) is 24.4 Å². The molecule has 0 aliphatic carbocycles. The lowest BCUT2D eigenvalue weighted by atomic mass is 10.2. The third-order valence-corrected chi connectivity index (χ3v) is 4.06. The van der Waals surface area contributed by atoms with E-state index >= 15 is 0 Å². The molecule has 1 aliphatic rings. The van der Waals surface area contributed by atoms with Crippen molar-refractivity contribution in [3.8, 4) is 5.75 Å². The number of rotatable bonds is 5. The second-order valence-electron chi connectivity index (χ2n) is 5.70. The average molecular weight is 328 g/mol. The van der Waals surface area contributed by atoms with Crippen LogP contribution in [0.25, 0.3) is 0 Å². The van der Waals surface area contributed by atoms with Crippen molar-refractivity contribution < 1.29 is 14.3 Å². The van der Waals surface area contributed by atoms with Crippen LogP contribution in [0.15, 0.2) is 49.1 Å². The second kappa shape index (κ2) is 7.16. The Hall–Kier alpha value is -2.83. The number of carbonyl (C=O) groups is 2. The molecule has 2 heterocycles. The van der Waals surface area contributed by atoms with Crippen molar-refractivity contribution in [3.05, 3.63) is 49.1 Å². The monoisotopic (exact) mass is 328 g/mol. The normalized spacial score (nSPS) is 20.0. The van der Waals surface area contributed by atoms with Crippen LogP contribution in [0.1, 0.15) is 6.42 Å². The minimum atomic E-state index is -0.514. The number of nitrogens with zero attached hydrogens (tertiary/aromatic N) is 3. The molecule has 1 aromatic heterocycles. The minimum Gasteiger partial charge on any atom is -0.488 e. The van der Waals surface area contributed by atoms with Gasteiger partial charge >= 0.3 is 0 Å². The average Bonchev–Trinajstić information content (AvgIpc) is 3.25. The Morgan fingerprint density at radius 3 is 2.79 bits per heavy atom. The fraction of sp³-hybridized carbons (Fsp3) is 0.353. The smallest absolute Gasteiger partial charge is 0.243 e. The van der Waals surface area contributed by atoms with Crippen molar-refractivity contribution in [2.75, 3.05) is 13.6 Å². The number of likely N-dealkylation sites (N-methyl/N-ethyl adjacent to an activating group) is 1. The van der Waals surface area contributed by atoms with Gasteiger partial charge in [0.25, 0.3) is 0 Å². The lowest BCUT2D eigenvalue weighted by Gasteiger charge is -2.23. The Morgan fingerprint density at radius 1 is 1.33 bits per heavy atom. The molecular weight excluding hydrogens is 308 g/mol. The molecule has 1 aromatic carbocycles. The van der Waals surface area contributed by atoms with E-state index in [-0.39, 0.29) is 24.5 Å².